The van der Waals surface area contributed by atoms with E-state index in [4.69, 9.17) is 0 Å². The van der Waals surface area contributed by atoms with E-state index in [0.717, 1.165) is 32.1 Å². The van der Waals surface area contributed by atoms with E-state index in [2.05, 4.69) is 20.8 Å². The quantitative estimate of drug-likeness (QED) is 0.497. The van der Waals surface area contributed by atoms with Crippen molar-refractivity contribution in [3.05, 3.63) is 0 Å². The molecule has 2 nitrogen and oxygen atoms in total. The van der Waals surface area contributed by atoms with Crippen LogP contribution in [0.2, 0.25) is 0 Å². The highest BCUT2D eigenvalue weighted by molar-refractivity contribution is 4.97. The lowest BCUT2D eigenvalue weighted by Gasteiger charge is -2.47. The molecule has 2 aliphatic carbocycles. The topological polar surface area (TPSA) is 40.5 Å². The highest BCUT2D eigenvalue weighted by Crippen LogP contribution is 2.48. The van der Waals surface area contributed by atoms with Crippen LogP contribution in [0.25, 0.3) is 0 Å². The van der Waals surface area contributed by atoms with Crippen molar-refractivity contribution in [3.8, 4) is 0 Å². The van der Waals surface area contributed by atoms with E-state index < -0.39 is 11.3 Å². The third-order valence-corrected chi connectivity index (χ3v) is 6.90. The van der Waals surface area contributed by atoms with Crippen molar-refractivity contribution in [1.82, 2.24) is 0 Å². The van der Waals surface area contributed by atoms with Gasteiger partial charge in [0.05, 0.1) is 11.2 Å². The van der Waals surface area contributed by atoms with Crippen molar-refractivity contribution in [2.45, 2.75) is 132 Å². The van der Waals surface area contributed by atoms with E-state index in [9.17, 15) is 14.6 Å². The SMILES string of the molecule is CC(C)(C)C(C)(C)O.CC(C)(C)C1(F)CCC1.CC(C)(C)C1(O)CCC1. The molecule has 0 saturated heterocycles. The molecule has 0 amide bonds. The fraction of sp³-hybridized carbons (Fsp3) is 1.00. The Morgan fingerprint density at radius 1 is 0.654 bits per heavy atom. The van der Waals surface area contributed by atoms with E-state index >= 15 is 0 Å². The zero-order valence-corrected chi connectivity index (χ0v) is 19.5. The average molecular weight is 375 g/mol. The Labute approximate surface area is 163 Å². The van der Waals surface area contributed by atoms with E-state index in [1.54, 1.807) is 0 Å². The van der Waals surface area contributed by atoms with Crippen molar-refractivity contribution in [1.29, 1.82) is 0 Å². The molecule has 0 aromatic heterocycles. The Balaban J connectivity index is 0.000000362. The Morgan fingerprint density at radius 2 is 0.962 bits per heavy atom. The number of halogens is 1. The second kappa shape index (κ2) is 8.07. The van der Waals surface area contributed by atoms with Gasteiger partial charge in [-0.15, -0.1) is 0 Å². The van der Waals surface area contributed by atoms with Gasteiger partial charge in [0.15, 0.2) is 0 Å². The second-order valence-corrected chi connectivity index (χ2v) is 12.0. The van der Waals surface area contributed by atoms with Crippen LogP contribution in [0.5, 0.6) is 0 Å². The van der Waals surface area contributed by atoms with Crippen molar-refractivity contribution in [3.63, 3.8) is 0 Å². The van der Waals surface area contributed by atoms with Crippen molar-refractivity contribution in [2.75, 3.05) is 0 Å². The molecule has 3 heteroatoms. The fourth-order valence-corrected chi connectivity index (χ4v) is 2.50. The van der Waals surface area contributed by atoms with Crippen molar-refractivity contribution >= 4 is 0 Å². The first-order chi connectivity index (χ1) is 11.2. The molecule has 0 radical (unpaired) electrons. The van der Waals surface area contributed by atoms with Gasteiger partial charge >= 0.3 is 0 Å². The molecule has 0 aromatic carbocycles. The molecular weight excluding hydrogens is 327 g/mol. The molecule has 2 saturated carbocycles. The lowest BCUT2D eigenvalue weighted by Crippen LogP contribution is -2.48. The summed E-state index contributed by atoms with van der Waals surface area (Å²) in [7, 11) is 0. The number of hydrogen-bond acceptors (Lipinski definition) is 2. The summed E-state index contributed by atoms with van der Waals surface area (Å²) in [5, 5.41) is 19.1. The minimum absolute atomic E-state index is 0.00694. The molecule has 0 atom stereocenters. The molecule has 0 unspecified atom stereocenters. The average Bonchev–Trinajstić information content (AvgIpc) is 2.29. The molecule has 0 spiro atoms. The zero-order valence-electron chi connectivity index (χ0n) is 19.5. The van der Waals surface area contributed by atoms with E-state index in [-0.39, 0.29) is 21.8 Å². The normalized spacial score (nSPS) is 21.9. The maximum atomic E-state index is 13.4. The Bertz CT molecular complexity index is 377. The summed E-state index contributed by atoms with van der Waals surface area (Å²) in [4.78, 5) is 0. The third kappa shape index (κ3) is 6.78. The fourth-order valence-electron chi connectivity index (χ4n) is 2.50. The van der Waals surface area contributed by atoms with Gasteiger partial charge in [-0.25, -0.2) is 4.39 Å². The van der Waals surface area contributed by atoms with Gasteiger partial charge in [0.2, 0.25) is 0 Å². The lowest BCUT2D eigenvalue weighted by molar-refractivity contribution is -0.117. The van der Waals surface area contributed by atoms with E-state index in [1.807, 2.05) is 55.4 Å². The van der Waals surface area contributed by atoms with Crippen LogP contribution in [-0.4, -0.2) is 27.1 Å². The maximum absolute atomic E-state index is 13.4. The van der Waals surface area contributed by atoms with Gasteiger partial charge in [-0.3, -0.25) is 0 Å². The van der Waals surface area contributed by atoms with E-state index in [1.165, 1.54) is 6.42 Å². The number of rotatable bonds is 0. The lowest BCUT2D eigenvalue weighted by atomic mass is 9.64. The van der Waals surface area contributed by atoms with Gasteiger partial charge in [0, 0.05) is 0 Å². The van der Waals surface area contributed by atoms with Crippen LogP contribution in [0.4, 0.5) is 4.39 Å². The van der Waals surface area contributed by atoms with Gasteiger partial charge in [-0.05, 0) is 68.6 Å². The predicted octanol–water partition coefficient (Wildman–Crippen LogP) is 6.68. The Hall–Kier alpha value is -0.150. The molecular formula is C23H47FO2. The van der Waals surface area contributed by atoms with Crippen LogP contribution in [0.3, 0.4) is 0 Å². The summed E-state index contributed by atoms with van der Waals surface area (Å²) in [6.45, 7) is 22.0. The first-order valence-corrected chi connectivity index (χ1v) is 10.3. The van der Waals surface area contributed by atoms with Crippen LogP contribution in [-0.2, 0) is 0 Å². The summed E-state index contributed by atoms with van der Waals surface area (Å²) in [6.07, 6.45) is 5.82. The minimum Gasteiger partial charge on any atom is -0.390 e. The molecule has 2 N–H and O–H groups in total. The Kier molecular flexibility index (Phi) is 8.02. The number of alkyl halides is 1. The summed E-state index contributed by atoms with van der Waals surface area (Å²) in [5.74, 6) is 0. The van der Waals surface area contributed by atoms with Crippen LogP contribution in [0, 0.1) is 16.2 Å². The molecule has 2 rings (SSSR count). The van der Waals surface area contributed by atoms with Crippen LogP contribution < -0.4 is 0 Å². The zero-order chi connectivity index (χ0) is 21.2. The van der Waals surface area contributed by atoms with Crippen LogP contribution in [0.15, 0.2) is 0 Å². The number of hydrogen-bond donors (Lipinski definition) is 2. The third-order valence-electron chi connectivity index (χ3n) is 6.90. The van der Waals surface area contributed by atoms with Crippen LogP contribution in [0.1, 0.15) is 115 Å². The van der Waals surface area contributed by atoms with Gasteiger partial charge in [0.1, 0.15) is 5.67 Å². The first kappa shape index (κ1) is 25.9. The maximum Gasteiger partial charge on any atom is 0.115 e. The summed E-state index contributed by atoms with van der Waals surface area (Å²) in [5.41, 5.74) is -1.80. The monoisotopic (exact) mass is 374 g/mol. The van der Waals surface area contributed by atoms with Crippen molar-refractivity contribution < 1.29 is 14.6 Å². The van der Waals surface area contributed by atoms with Gasteiger partial charge in [-0.2, -0.15) is 0 Å². The van der Waals surface area contributed by atoms with Crippen molar-refractivity contribution in [2.24, 2.45) is 16.2 Å². The molecule has 26 heavy (non-hydrogen) atoms. The highest BCUT2D eigenvalue weighted by Gasteiger charge is 2.47. The van der Waals surface area contributed by atoms with E-state index in [0.29, 0.717) is 0 Å². The first-order valence-electron chi connectivity index (χ1n) is 10.3. The molecule has 158 valence electrons. The van der Waals surface area contributed by atoms with Gasteiger partial charge < -0.3 is 10.2 Å². The minimum atomic E-state index is -0.840. The Morgan fingerprint density at radius 3 is 0.962 bits per heavy atom. The largest absolute Gasteiger partial charge is 0.390 e. The number of aliphatic hydroxyl groups is 2. The van der Waals surface area contributed by atoms with Gasteiger partial charge in [0.25, 0.3) is 0 Å². The summed E-state index contributed by atoms with van der Waals surface area (Å²) >= 11 is 0. The standard InChI is InChI=1S/C8H15F.C8H16O.C7H16O/c2*1-7(2,3)8(9)5-4-6-8;1-6(2,3)7(4,5)8/h4-6H2,1-3H3;9H,4-6H2,1-3H3;8H,1-5H3. The predicted molar refractivity (Wildman–Crippen MR) is 111 cm³/mol. The summed E-state index contributed by atoms with van der Waals surface area (Å²) < 4.78 is 13.4. The molecule has 0 aliphatic heterocycles. The summed E-state index contributed by atoms with van der Waals surface area (Å²) in [6, 6.07) is 0. The van der Waals surface area contributed by atoms with Crippen LogP contribution >= 0.6 is 0 Å². The molecule has 0 heterocycles. The molecule has 2 fully saturated rings. The highest BCUT2D eigenvalue weighted by atomic mass is 19.1. The smallest absolute Gasteiger partial charge is 0.115 e. The molecule has 0 aromatic rings. The second-order valence-electron chi connectivity index (χ2n) is 12.0. The molecule has 2 aliphatic rings. The molecule has 0 bridgehead atoms. The van der Waals surface area contributed by atoms with Gasteiger partial charge in [-0.1, -0.05) is 62.3 Å².